The van der Waals surface area contributed by atoms with E-state index in [1.54, 1.807) is 0 Å². The Morgan fingerprint density at radius 3 is 2.31 bits per heavy atom. The quantitative estimate of drug-likeness (QED) is 0.532. The SMILES string of the molecule is Cc1ccc(C(=O)O)cc1S(=O)(=O)N(CC(=O)O)[C@@H]1CS(=O)(=O)C[C@H]1O. The molecule has 3 N–H and O–H groups in total. The van der Waals surface area contributed by atoms with Crippen LogP contribution in [0, 0.1) is 6.92 Å². The smallest absolute Gasteiger partial charge is 0.335 e. The zero-order valence-electron chi connectivity index (χ0n) is 13.6. The molecule has 0 saturated carbocycles. The Labute approximate surface area is 149 Å². The monoisotopic (exact) mass is 407 g/mol. The van der Waals surface area contributed by atoms with Gasteiger partial charge in [-0.15, -0.1) is 0 Å². The predicted octanol–water partition coefficient (Wildman–Crippen LogP) is -1.07. The molecule has 2 atom stereocenters. The number of hydrogen-bond donors (Lipinski definition) is 3. The summed E-state index contributed by atoms with van der Waals surface area (Å²) < 4.78 is 49.8. The van der Waals surface area contributed by atoms with Gasteiger partial charge in [0.2, 0.25) is 10.0 Å². The Bertz CT molecular complexity index is 953. The number of nitrogens with zero attached hydrogens (tertiary/aromatic N) is 1. The number of aliphatic carboxylic acids is 1. The Kier molecular flexibility index (Phi) is 5.42. The van der Waals surface area contributed by atoms with Gasteiger partial charge in [-0.3, -0.25) is 4.79 Å². The van der Waals surface area contributed by atoms with Gasteiger partial charge in [0.1, 0.15) is 6.54 Å². The number of sulfone groups is 1. The van der Waals surface area contributed by atoms with Crippen molar-refractivity contribution < 1.29 is 41.7 Å². The average Bonchev–Trinajstić information content (AvgIpc) is 2.77. The van der Waals surface area contributed by atoms with E-state index in [9.17, 15) is 31.5 Å². The van der Waals surface area contributed by atoms with Gasteiger partial charge >= 0.3 is 11.9 Å². The van der Waals surface area contributed by atoms with Gasteiger partial charge in [0.05, 0.1) is 34.1 Å². The lowest BCUT2D eigenvalue weighted by Crippen LogP contribution is -2.49. The minimum absolute atomic E-state index is 0.153. The highest BCUT2D eigenvalue weighted by Crippen LogP contribution is 2.27. The first kappa shape index (κ1) is 20.3. The summed E-state index contributed by atoms with van der Waals surface area (Å²) >= 11 is 0. The van der Waals surface area contributed by atoms with E-state index in [0.29, 0.717) is 4.31 Å². The van der Waals surface area contributed by atoms with Crippen molar-refractivity contribution in [3.8, 4) is 0 Å². The fourth-order valence-electron chi connectivity index (χ4n) is 2.74. The third-order valence-corrected chi connectivity index (χ3v) is 7.69. The van der Waals surface area contributed by atoms with E-state index in [4.69, 9.17) is 10.2 Å². The summed E-state index contributed by atoms with van der Waals surface area (Å²) in [4.78, 5) is 21.8. The molecule has 1 heterocycles. The second kappa shape index (κ2) is 6.95. The van der Waals surface area contributed by atoms with E-state index >= 15 is 0 Å². The normalized spacial score (nSPS) is 22.4. The van der Waals surface area contributed by atoms with Crippen LogP contribution in [0.4, 0.5) is 0 Å². The van der Waals surface area contributed by atoms with Crippen molar-refractivity contribution in [1.82, 2.24) is 4.31 Å². The summed E-state index contributed by atoms with van der Waals surface area (Å²) in [5, 5.41) is 28.1. The molecule has 1 aromatic rings. The Morgan fingerprint density at radius 2 is 1.85 bits per heavy atom. The highest BCUT2D eigenvalue weighted by atomic mass is 32.2. The van der Waals surface area contributed by atoms with Crippen LogP contribution in [0.2, 0.25) is 0 Å². The molecule has 12 heteroatoms. The fourth-order valence-corrected chi connectivity index (χ4v) is 6.49. The van der Waals surface area contributed by atoms with Crippen LogP contribution in [0.3, 0.4) is 0 Å². The minimum Gasteiger partial charge on any atom is -0.480 e. The molecule has 1 aromatic carbocycles. The topological polar surface area (TPSA) is 166 Å². The number of benzene rings is 1. The largest absolute Gasteiger partial charge is 0.480 e. The molecule has 0 unspecified atom stereocenters. The summed E-state index contributed by atoms with van der Waals surface area (Å²) in [6, 6.07) is 1.83. The minimum atomic E-state index is -4.58. The van der Waals surface area contributed by atoms with Gasteiger partial charge in [0.15, 0.2) is 9.84 Å². The zero-order valence-corrected chi connectivity index (χ0v) is 15.2. The number of rotatable bonds is 6. The van der Waals surface area contributed by atoms with Gasteiger partial charge in [-0.1, -0.05) is 6.07 Å². The van der Waals surface area contributed by atoms with Crippen molar-refractivity contribution in [3.05, 3.63) is 29.3 Å². The number of sulfonamides is 1. The van der Waals surface area contributed by atoms with E-state index in [1.807, 2.05) is 0 Å². The number of aryl methyl sites for hydroxylation is 1. The maximum Gasteiger partial charge on any atom is 0.335 e. The van der Waals surface area contributed by atoms with Crippen LogP contribution in [0.5, 0.6) is 0 Å². The van der Waals surface area contributed by atoms with Gasteiger partial charge < -0.3 is 15.3 Å². The molecular formula is C14H17NO9S2. The summed E-state index contributed by atoms with van der Waals surface area (Å²) in [5.41, 5.74) is -0.176. The number of aliphatic hydroxyl groups excluding tert-OH is 1. The molecule has 2 rings (SSSR count). The molecule has 0 aromatic heterocycles. The second-order valence-corrected chi connectivity index (χ2v) is 9.95. The molecule has 0 aliphatic carbocycles. The number of aromatic carboxylic acids is 1. The standard InChI is InChI=1S/C14H17NO9S2/c1-8-2-3-9(14(19)20)4-12(8)26(23,24)15(5-13(17)18)10-6-25(21,22)7-11(10)16/h2-4,10-11,16H,5-7H2,1H3,(H,17,18)(H,19,20)/t10-,11-/m1/s1. The van der Waals surface area contributed by atoms with Gasteiger partial charge in [-0.25, -0.2) is 21.6 Å². The van der Waals surface area contributed by atoms with Crippen molar-refractivity contribution in [1.29, 1.82) is 0 Å². The van der Waals surface area contributed by atoms with Crippen LogP contribution in [-0.2, 0) is 24.7 Å². The lowest BCUT2D eigenvalue weighted by molar-refractivity contribution is -0.137. The Morgan fingerprint density at radius 1 is 1.23 bits per heavy atom. The highest BCUT2D eigenvalue weighted by Gasteiger charge is 2.45. The zero-order chi connectivity index (χ0) is 19.9. The molecular weight excluding hydrogens is 390 g/mol. The molecule has 1 aliphatic heterocycles. The summed E-state index contributed by atoms with van der Waals surface area (Å²) in [5.74, 6) is -4.33. The number of carboxylic acids is 2. The fraction of sp³-hybridized carbons (Fsp3) is 0.429. The van der Waals surface area contributed by atoms with E-state index in [0.717, 1.165) is 6.07 Å². The molecule has 1 aliphatic rings. The van der Waals surface area contributed by atoms with Crippen LogP contribution in [0.25, 0.3) is 0 Å². The molecule has 1 saturated heterocycles. The van der Waals surface area contributed by atoms with Gasteiger partial charge in [-0.2, -0.15) is 4.31 Å². The van der Waals surface area contributed by atoms with Crippen LogP contribution in [0.15, 0.2) is 23.1 Å². The van der Waals surface area contributed by atoms with E-state index in [2.05, 4.69) is 0 Å². The summed E-state index contributed by atoms with van der Waals surface area (Å²) in [6.07, 6.45) is -1.59. The molecule has 10 nitrogen and oxygen atoms in total. The second-order valence-electron chi connectivity index (χ2n) is 5.94. The van der Waals surface area contributed by atoms with Crippen LogP contribution in [-0.4, -0.2) is 78.6 Å². The van der Waals surface area contributed by atoms with Gasteiger partial charge in [-0.05, 0) is 24.6 Å². The number of aliphatic hydroxyl groups is 1. The van der Waals surface area contributed by atoms with E-state index in [1.165, 1.54) is 19.1 Å². The number of hydrogen-bond acceptors (Lipinski definition) is 7. The van der Waals surface area contributed by atoms with E-state index < -0.39 is 66.9 Å². The van der Waals surface area contributed by atoms with Crippen molar-refractivity contribution in [2.45, 2.75) is 24.0 Å². The van der Waals surface area contributed by atoms with Crippen molar-refractivity contribution in [3.63, 3.8) is 0 Å². The average molecular weight is 407 g/mol. The molecule has 0 amide bonds. The third-order valence-electron chi connectivity index (χ3n) is 3.98. The molecule has 26 heavy (non-hydrogen) atoms. The predicted molar refractivity (Wildman–Crippen MR) is 88.1 cm³/mol. The third kappa shape index (κ3) is 4.03. The molecule has 0 radical (unpaired) electrons. The Hall–Kier alpha value is -2.02. The van der Waals surface area contributed by atoms with Crippen LogP contribution in [0.1, 0.15) is 15.9 Å². The first-order valence-electron chi connectivity index (χ1n) is 7.31. The highest BCUT2D eigenvalue weighted by molar-refractivity contribution is 7.92. The molecule has 0 spiro atoms. The van der Waals surface area contributed by atoms with Crippen molar-refractivity contribution in [2.75, 3.05) is 18.1 Å². The lowest BCUT2D eigenvalue weighted by atomic mass is 10.1. The molecule has 1 fully saturated rings. The van der Waals surface area contributed by atoms with Gasteiger partial charge in [0.25, 0.3) is 0 Å². The van der Waals surface area contributed by atoms with Crippen molar-refractivity contribution in [2.24, 2.45) is 0 Å². The Balaban J connectivity index is 2.59. The number of carbonyl (C=O) groups is 2. The maximum absolute atomic E-state index is 13.0. The first-order chi connectivity index (χ1) is 11.8. The first-order valence-corrected chi connectivity index (χ1v) is 10.6. The van der Waals surface area contributed by atoms with Crippen LogP contribution >= 0.6 is 0 Å². The van der Waals surface area contributed by atoms with Crippen molar-refractivity contribution >= 4 is 31.8 Å². The maximum atomic E-state index is 13.0. The van der Waals surface area contributed by atoms with E-state index in [-0.39, 0.29) is 11.1 Å². The summed E-state index contributed by atoms with van der Waals surface area (Å²) in [7, 11) is -8.33. The summed E-state index contributed by atoms with van der Waals surface area (Å²) in [6.45, 7) is 0.315. The molecule has 144 valence electrons. The number of carboxylic acid groups (broad SMARTS) is 2. The lowest BCUT2D eigenvalue weighted by Gasteiger charge is -2.28. The van der Waals surface area contributed by atoms with Crippen LogP contribution < -0.4 is 0 Å². The molecule has 0 bridgehead atoms. The van der Waals surface area contributed by atoms with Gasteiger partial charge in [0, 0.05) is 0 Å².